The third-order valence-electron chi connectivity index (χ3n) is 3.28. The lowest BCUT2D eigenvalue weighted by Crippen LogP contribution is -2.48. The second-order valence-electron chi connectivity index (χ2n) is 5.17. The number of halogens is 1. The fourth-order valence-electron chi connectivity index (χ4n) is 2.39. The second kappa shape index (κ2) is 4.97. The molecule has 18 heavy (non-hydrogen) atoms. The Kier molecular flexibility index (Phi) is 3.73. The number of hydrogen-bond acceptors (Lipinski definition) is 3. The summed E-state index contributed by atoms with van der Waals surface area (Å²) in [6.45, 7) is 4.18. The molecule has 0 saturated carbocycles. The van der Waals surface area contributed by atoms with Gasteiger partial charge < -0.3 is 10.0 Å². The predicted molar refractivity (Wildman–Crippen MR) is 72.3 cm³/mol. The summed E-state index contributed by atoms with van der Waals surface area (Å²) in [7, 11) is 0. The van der Waals surface area contributed by atoms with Crippen LogP contribution >= 0.6 is 15.9 Å². The maximum atomic E-state index is 12.4. The maximum absolute atomic E-state index is 12.4. The Morgan fingerprint density at radius 1 is 1.56 bits per heavy atom. The highest BCUT2D eigenvalue weighted by atomic mass is 79.9. The van der Waals surface area contributed by atoms with Crippen molar-refractivity contribution in [1.82, 2.24) is 9.88 Å². The Hall–Kier alpha value is -0.940. The summed E-state index contributed by atoms with van der Waals surface area (Å²) in [4.78, 5) is 18.2. The van der Waals surface area contributed by atoms with Crippen LogP contribution in [-0.2, 0) is 0 Å². The molecule has 0 aromatic carbocycles. The molecule has 0 radical (unpaired) electrons. The van der Waals surface area contributed by atoms with Gasteiger partial charge in [-0.1, -0.05) is 0 Å². The van der Waals surface area contributed by atoms with E-state index in [4.69, 9.17) is 0 Å². The Morgan fingerprint density at radius 2 is 2.28 bits per heavy atom. The molecule has 1 aromatic heterocycles. The second-order valence-corrected chi connectivity index (χ2v) is 6.09. The summed E-state index contributed by atoms with van der Waals surface area (Å²) in [5.41, 5.74) is -0.448. The van der Waals surface area contributed by atoms with Gasteiger partial charge in [-0.05, 0) is 54.8 Å². The Balaban J connectivity index is 2.20. The molecule has 2 heterocycles. The van der Waals surface area contributed by atoms with Crippen LogP contribution in [0, 0.1) is 0 Å². The van der Waals surface area contributed by atoms with Crippen molar-refractivity contribution in [3.63, 3.8) is 0 Å². The first kappa shape index (κ1) is 13.5. The Bertz CT molecular complexity index is 439. The first-order valence-corrected chi connectivity index (χ1v) is 6.84. The first-order chi connectivity index (χ1) is 8.39. The van der Waals surface area contributed by atoms with Crippen molar-refractivity contribution in [2.75, 3.05) is 6.54 Å². The monoisotopic (exact) mass is 312 g/mol. The molecule has 1 amide bonds. The van der Waals surface area contributed by atoms with Gasteiger partial charge in [0.05, 0.1) is 11.6 Å². The van der Waals surface area contributed by atoms with Crippen LogP contribution in [0.25, 0.3) is 0 Å². The molecule has 0 spiro atoms. The molecule has 1 aliphatic rings. The molecule has 0 aliphatic carbocycles. The quantitative estimate of drug-likeness (QED) is 0.911. The fourth-order valence-corrected chi connectivity index (χ4v) is 2.63. The SMILES string of the molecule is CC(C)(O)C1CCCN1C(=O)c1ccc(Br)cn1. The van der Waals surface area contributed by atoms with E-state index < -0.39 is 5.60 Å². The van der Waals surface area contributed by atoms with E-state index in [0.717, 1.165) is 17.3 Å². The molecular formula is C13H17BrN2O2. The Morgan fingerprint density at radius 3 is 2.83 bits per heavy atom. The zero-order chi connectivity index (χ0) is 13.3. The van der Waals surface area contributed by atoms with E-state index in [1.807, 2.05) is 0 Å². The van der Waals surface area contributed by atoms with Gasteiger partial charge in [-0.3, -0.25) is 4.79 Å². The number of rotatable bonds is 2. The standard InChI is InChI=1S/C13H17BrN2O2/c1-13(2,18)11-4-3-7-16(11)12(17)10-6-5-9(14)8-15-10/h5-6,8,11,18H,3-4,7H2,1-2H3. The van der Waals surface area contributed by atoms with Crippen LogP contribution in [0.3, 0.4) is 0 Å². The van der Waals surface area contributed by atoms with Crippen LogP contribution < -0.4 is 0 Å². The minimum Gasteiger partial charge on any atom is -0.388 e. The van der Waals surface area contributed by atoms with E-state index in [-0.39, 0.29) is 11.9 Å². The number of likely N-dealkylation sites (tertiary alicyclic amines) is 1. The zero-order valence-electron chi connectivity index (χ0n) is 10.6. The van der Waals surface area contributed by atoms with Gasteiger partial charge in [-0.2, -0.15) is 0 Å². The molecule has 1 atom stereocenters. The predicted octanol–water partition coefficient (Wildman–Crippen LogP) is 2.22. The molecule has 0 bridgehead atoms. The molecule has 2 rings (SSSR count). The van der Waals surface area contributed by atoms with Crippen LogP contribution in [0.2, 0.25) is 0 Å². The van der Waals surface area contributed by atoms with Crippen LogP contribution in [-0.4, -0.2) is 39.1 Å². The van der Waals surface area contributed by atoms with Gasteiger partial charge in [0.1, 0.15) is 5.69 Å². The number of pyridine rings is 1. The smallest absolute Gasteiger partial charge is 0.272 e. The van der Waals surface area contributed by atoms with Crippen molar-refractivity contribution in [2.45, 2.75) is 38.3 Å². The highest BCUT2D eigenvalue weighted by Gasteiger charge is 2.38. The third-order valence-corrected chi connectivity index (χ3v) is 3.74. The third kappa shape index (κ3) is 2.72. The van der Waals surface area contributed by atoms with Crippen LogP contribution in [0.5, 0.6) is 0 Å². The van der Waals surface area contributed by atoms with Crippen molar-refractivity contribution < 1.29 is 9.90 Å². The molecule has 4 nitrogen and oxygen atoms in total. The van der Waals surface area contributed by atoms with Gasteiger partial charge in [-0.25, -0.2) is 4.98 Å². The van der Waals surface area contributed by atoms with Crippen molar-refractivity contribution in [3.8, 4) is 0 Å². The highest BCUT2D eigenvalue weighted by Crippen LogP contribution is 2.28. The Labute approximate surface area is 115 Å². The van der Waals surface area contributed by atoms with Crippen molar-refractivity contribution in [1.29, 1.82) is 0 Å². The molecule has 1 aromatic rings. The van der Waals surface area contributed by atoms with Crippen LogP contribution in [0.15, 0.2) is 22.8 Å². The molecule has 1 unspecified atom stereocenters. The van der Waals surface area contributed by atoms with Gasteiger partial charge in [0.2, 0.25) is 0 Å². The highest BCUT2D eigenvalue weighted by molar-refractivity contribution is 9.10. The number of aliphatic hydroxyl groups is 1. The minimum atomic E-state index is -0.873. The van der Waals surface area contributed by atoms with E-state index >= 15 is 0 Å². The fraction of sp³-hybridized carbons (Fsp3) is 0.538. The number of amides is 1. The van der Waals surface area contributed by atoms with Crippen LogP contribution in [0.1, 0.15) is 37.2 Å². The van der Waals surface area contributed by atoms with E-state index in [2.05, 4.69) is 20.9 Å². The molecular weight excluding hydrogens is 296 g/mol. The van der Waals surface area contributed by atoms with Crippen molar-refractivity contribution in [3.05, 3.63) is 28.5 Å². The van der Waals surface area contributed by atoms with E-state index in [1.165, 1.54) is 0 Å². The number of aromatic nitrogens is 1. The average molecular weight is 313 g/mol. The van der Waals surface area contributed by atoms with Gasteiger partial charge in [0, 0.05) is 17.2 Å². The lowest BCUT2D eigenvalue weighted by atomic mass is 9.96. The molecule has 1 saturated heterocycles. The summed E-state index contributed by atoms with van der Waals surface area (Å²) in [5, 5.41) is 10.1. The summed E-state index contributed by atoms with van der Waals surface area (Å²) < 4.78 is 0.847. The van der Waals surface area contributed by atoms with Crippen molar-refractivity contribution in [2.24, 2.45) is 0 Å². The lowest BCUT2D eigenvalue weighted by molar-refractivity contribution is 0.000119. The van der Waals surface area contributed by atoms with Gasteiger partial charge >= 0.3 is 0 Å². The minimum absolute atomic E-state index is 0.105. The van der Waals surface area contributed by atoms with E-state index in [9.17, 15) is 9.90 Å². The zero-order valence-corrected chi connectivity index (χ0v) is 12.1. The molecule has 98 valence electrons. The normalized spacial score (nSPS) is 20.2. The maximum Gasteiger partial charge on any atom is 0.272 e. The molecule has 1 aliphatic heterocycles. The van der Waals surface area contributed by atoms with E-state index in [0.29, 0.717) is 12.2 Å². The lowest BCUT2D eigenvalue weighted by Gasteiger charge is -2.33. The number of carbonyl (C=O) groups is 1. The summed E-state index contributed by atoms with van der Waals surface area (Å²) in [6, 6.07) is 3.37. The summed E-state index contributed by atoms with van der Waals surface area (Å²) >= 11 is 3.29. The number of hydrogen-bond donors (Lipinski definition) is 1. The summed E-state index contributed by atoms with van der Waals surface area (Å²) in [5.74, 6) is -0.105. The van der Waals surface area contributed by atoms with Gasteiger partial charge in [0.15, 0.2) is 0 Å². The average Bonchev–Trinajstić information content (AvgIpc) is 2.77. The molecule has 5 heteroatoms. The van der Waals surface area contributed by atoms with Gasteiger partial charge in [0.25, 0.3) is 5.91 Å². The molecule has 1 N–H and O–H groups in total. The van der Waals surface area contributed by atoms with E-state index in [1.54, 1.807) is 37.1 Å². The van der Waals surface area contributed by atoms with Gasteiger partial charge in [-0.15, -0.1) is 0 Å². The topological polar surface area (TPSA) is 53.4 Å². The van der Waals surface area contributed by atoms with Crippen LogP contribution in [0.4, 0.5) is 0 Å². The van der Waals surface area contributed by atoms with Crippen molar-refractivity contribution >= 4 is 21.8 Å². The first-order valence-electron chi connectivity index (χ1n) is 6.04. The largest absolute Gasteiger partial charge is 0.388 e. The summed E-state index contributed by atoms with van der Waals surface area (Å²) in [6.07, 6.45) is 3.38. The number of nitrogens with zero attached hydrogens (tertiary/aromatic N) is 2. The molecule has 1 fully saturated rings. The number of carbonyl (C=O) groups excluding carboxylic acids is 1.